The van der Waals surface area contributed by atoms with E-state index in [2.05, 4.69) is 5.10 Å². The van der Waals surface area contributed by atoms with Crippen LogP contribution in [-0.4, -0.2) is 16.4 Å². The highest BCUT2D eigenvalue weighted by molar-refractivity contribution is 5.14. The fourth-order valence-electron chi connectivity index (χ4n) is 0.886. The van der Waals surface area contributed by atoms with E-state index in [1.54, 1.807) is 4.68 Å². The number of hydrogen-bond acceptors (Lipinski definition) is 3. The molecule has 0 amide bonds. The first-order valence-corrected chi connectivity index (χ1v) is 3.63. The number of hydrogen-bond donors (Lipinski definition) is 1. The summed E-state index contributed by atoms with van der Waals surface area (Å²) in [5.74, 6) is 0.649. The highest BCUT2D eigenvalue weighted by Gasteiger charge is 2.02. The lowest BCUT2D eigenvalue weighted by Crippen LogP contribution is -2.03. The van der Waals surface area contributed by atoms with Crippen LogP contribution in [0.2, 0.25) is 0 Å². The van der Waals surface area contributed by atoms with E-state index in [0.29, 0.717) is 19.0 Å². The number of nitrogens with zero attached hydrogens (tertiary/aromatic N) is 2. The highest BCUT2D eigenvalue weighted by Crippen LogP contribution is 2.09. The molecule has 1 rings (SSSR count). The molecule has 62 valence electrons. The van der Waals surface area contributed by atoms with E-state index in [0.717, 1.165) is 5.69 Å². The van der Waals surface area contributed by atoms with Crippen molar-refractivity contribution in [1.82, 2.24) is 9.78 Å². The first-order valence-electron chi connectivity index (χ1n) is 3.63. The molecule has 0 bridgehead atoms. The van der Waals surface area contributed by atoms with Crippen LogP contribution in [0.5, 0.6) is 5.88 Å². The van der Waals surface area contributed by atoms with Gasteiger partial charge in [-0.15, -0.1) is 5.10 Å². The Morgan fingerprint density at radius 2 is 2.45 bits per heavy atom. The molecule has 0 fully saturated rings. The molecule has 1 aromatic heterocycles. The molecule has 0 radical (unpaired) electrons. The Balaban J connectivity index is 2.77. The molecular weight excluding hydrogens is 142 g/mol. The second-order valence-electron chi connectivity index (χ2n) is 2.23. The average molecular weight is 155 g/mol. The molecule has 4 heteroatoms. The zero-order valence-corrected chi connectivity index (χ0v) is 6.87. The molecule has 1 aromatic rings. The van der Waals surface area contributed by atoms with Crippen molar-refractivity contribution in [2.45, 2.75) is 13.5 Å². The predicted octanol–water partition coefficient (Wildman–Crippen LogP) is 0.277. The Hall–Kier alpha value is -1.03. The summed E-state index contributed by atoms with van der Waals surface area (Å²) >= 11 is 0. The van der Waals surface area contributed by atoms with Gasteiger partial charge in [0.1, 0.15) is 0 Å². The highest BCUT2D eigenvalue weighted by atomic mass is 16.5. The largest absolute Gasteiger partial charge is 0.477 e. The minimum Gasteiger partial charge on any atom is -0.477 e. The number of aryl methyl sites for hydroxylation is 1. The summed E-state index contributed by atoms with van der Waals surface area (Å²) in [4.78, 5) is 0. The van der Waals surface area contributed by atoms with Crippen LogP contribution in [0.25, 0.3) is 0 Å². The van der Waals surface area contributed by atoms with E-state index in [1.165, 1.54) is 0 Å². The van der Waals surface area contributed by atoms with E-state index in [1.807, 2.05) is 20.0 Å². The van der Waals surface area contributed by atoms with Gasteiger partial charge in [-0.25, -0.2) is 0 Å². The molecule has 0 aromatic carbocycles. The van der Waals surface area contributed by atoms with E-state index in [9.17, 15) is 0 Å². The van der Waals surface area contributed by atoms with Crippen LogP contribution in [0, 0.1) is 0 Å². The van der Waals surface area contributed by atoms with Crippen LogP contribution in [-0.2, 0) is 13.6 Å². The monoisotopic (exact) mass is 155 g/mol. The molecule has 1 heterocycles. The Labute approximate surface area is 66.0 Å². The van der Waals surface area contributed by atoms with Gasteiger partial charge in [0.25, 0.3) is 0 Å². The van der Waals surface area contributed by atoms with E-state index >= 15 is 0 Å². The van der Waals surface area contributed by atoms with Crippen LogP contribution in [0.3, 0.4) is 0 Å². The zero-order valence-electron chi connectivity index (χ0n) is 6.87. The van der Waals surface area contributed by atoms with Gasteiger partial charge in [-0.3, -0.25) is 4.68 Å². The summed E-state index contributed by atoms with van der Waals surface area (Å²) in [7, 11) is 1.85. The number of ether oxygens (including phenoxy) is 1. The van der Waals surface area contributed by atoms with Crippen molar-refractivity contribution >= 4 is 0 Å². The topological polar surface area (TPSA) is 53.1 Å². The molecular formula is C7H13N3O. The number of aromatic nitrogens is 2. The van der Waals surface area contributed by atoms with Gasteiger partial charge in [0.15, 0.2) is 0 Å². The summed E-state index contributed by atoms with van der Waals surface area (Å²) in [6.07, 6.45) is 0. The number of rotatable bonds is 3. The molecule has 2 N–H and O–H groups in total. The second-order valence-corrected chi connectivity index (χ2v) is 2.23. The van der Waals surface area contributed by atoms with Crippen LogP contribution >= 0.6 is 0 Å². The summed E-state index contributed by atoms with van der Waals surface area (Å²) in [6, 6.07) is 1.85. The molecule has 0 unspecified atom stereocenters. The van der Waals surface area contributed by atoms with Crippen molar-refractivity contribution in [2.75, 3.05) is 6.61 Å². The van der Waals surface area contributed by atoms with Gasteiger partial charge in [0.05, 0.1) is 12.3 Å². The normalized spacial score (nSPS) is 10.1. The fourth-order valence-corrected chi connectivity index (χ4v) is 0.886. The molecule has 0 aliphatic carbocycles. The van der Waals surface area contributed by atoms with E-state index in [4.69, 9.17) is 10.5 Å². The van der Waals surface area contributed by atoms with Gasteiger partial charge in [-0.05, 0) is 6.92 Å². The molecule has 0 aliphatic rings. The third kappa shape index (κ3) is 1.71. The molecule has 4 nitrogen and oxygen atoms in total. The fraction of sp³-hybridized carbons (Fsp3) is 0.571. The van der Waals surface area contributed by atoms with Crippen molar-refractivity contribution in [3.8, 4) is 5.88 Å². The maximum absolute atomic E-state index is 5.44. The molecule has 0 aliphatic heterocycles. The molecule has 0 saturated heterocycles. The van der Waals surface area contributed by atoms with Crippen LogP contribution in [0.4, 0.5) is 0 Å². The van der Waals surface area contributed by atoms with Gasteiger partial charge >= 0.3 is 0 Å². The van der Waals surface area contributed by atoms with Gasteiger partial charge in [0, 0.05) is 19.7 Å². The maximum Gasteiger partial charge on any atom is 0.233 e. The molecule has 0 spiro atoms. The quantitative estimate of drug-likeness (QED) is 0.682. The lowest BCUT2D eigenvalue weighted by molar-refractivity contribution is 0.323. The van der Waals surface area contributed by atoms with Crippen molar-refractivity contribution < 1.29 is 4.74 Å². The van der Waals surface area contributed by atoms with E-state index < -0.39 is 0 Å². The summed E-state index contributed by atoms with van der Waals surface area (Å²) in [6.45, 7) is 3.06. The molecule has 0 atom stereocenters. The third-order valence-corrected chi connectivity index (χ3v) is 1.46. The van der Waals surface area contributed by atoms with Crippen molar-refractivity contribution in [3.63, 3.8) is 0 Å². The van der Waals surface area contributed by atoms with Crippen LogP contribution in [0.1, 0.15) is 12.6 Å². The summed E-state index contributed by atoms with van der Waals surface area (Å²) < 4.78 is 6.91. The van der Waals surface area contributed by atoms with Gasteiger partial charge in [0.2, 0.25) is 5.88 Å². The lowest BCUT2D eigenvalue weighted by atomic mass is 10.4. The van der Waals surface area contributed by atoms with E-state index in [-0.39, 0.29) is 0 Å². The lowest BCUT2D eigenvalue weighted by Gasteiger charge is -1.94. The SMILES string of the molecule is CCOc1cc(CN)n(C)n1. The minimum absolute atomic E-state index is 0.497. The second kappa shape index (κ2) is 3.39. The Morgan fingerprint density at radius 3 is 2.91 bits per heavy atom. The average Bonchev–Trinajstić information content (AvgIpc) is 2.32. The maximum atomic E-state index is 5.44. The predicted molar refractivity (Wildman–Crippen MR) is 42.3 cm³/mol. The first kappa shape index (κ1) is 8.07. The van der Waals surface area contributed by atoms with Crippen molar-refractivity contribution in [2.24, 2.45) is 12.8 Å². The standard InChI is InChI=1S/C7H13N3O/c1-3-11-7-4-6(5-8)10(2)9-7/h4H,3,5,8H2,1-2H3. The Bertz CT molecular complexity index is 232. The van der Waals surface area contributed by atoms with Crippen molar-refractivity contribution in [1.29, 1.82) is 0 Å². The van der Waals surface area contributed by atoms with Gasteiger partial charge in [-0.2, -0.15) is 0 Å². The summed E-state index contributed by atoms with van der Waals surface area (Å²) in [5, 5.41) is 4.09. The van der Waals surface area contributed by atoms with Crippen LogP contribution < -0.4 is 10.5 Å². The van der Waals surface area contributed by atoms with Gasteiger partial charge < -0.3 is 10.5 Å². The van der Waals surface area contributed by atoms with Gasteiger partial charge in [-0.1, -0.05) is 0 Å². The third-order valence-electron chi connectivity index (χ3n) is 1.46. The zero-order chi connectivity index (χ0) is 8.27. The minimum atomic E-state index is 0.497. The number of nitrogens with two attached hydrogens (primary N) is 1. The molecule has 0 saturated carbocycles. The van der Waals surface area contributed by atoms with Crippen LogP contribution in [0.15, 0.2) is 6.07 Å². The Kier molecular flexibility index (Phi) is 2.48. The van der Waals surface area contributed by atoms with Crippen molar-refractivity contribution in [3.05, 3.63) is 11.8 Å². The Morgan fingerprint density at radius 1 is 1.73 bits per heavy atom. The first-order chi connectivity index (χ1) is 5.27. The summed E-state index contributed by atoms with van der Waals surface area (Å²) in [5.41, 5.74) is 6.42. The smallest absolute Gasteiger partial charge is 0.233 e. The molecule has 11 heavy (non-hydrogen) atoms.